The van der Waals surface area contributed by atoms with Crippen LogP contribution in [0.5, 0.6) is 0 Å². The van der Waals surface area contributed by atoms with E-state index in [1.54, 1.807) is 6.07 Å². The van der Waals surface area contributed by atoms with E-state index in [1.165, 1.54) is 0 Å². The first-order valence-electron chi connectivity index (χ1n) is 5.37. The fourth-order valence-corrected chi connectivity index (χ4v) is 3.51. The molecular weight excluding hydrogens is 281 g/mol. The Morgan fingerprint density at radius 3 is 2.47 bits per heavy atom. The van der Waals surface area contributed by atoms with Crippen molar-refractivity contribution in [3.8, 4) is 6.07 Å². The van der Waals surface area contributed by atoms with Crippen molar-refractivity contribution in [1.82, 2.24) is 0 Å². The summed E-state index contributed by atoms with van der Waals surface area (Å²) in [6, 6.07) is 4.10. The van der Waals surface area contributed by atoms with Crippen molar-refractivity contribution in [2.75, 3.05) is 16.6 Å². The van der Waals surface area contributed by atoms with Gasteiger partial charge in [-0.15, -0.1) is 0 Å². The largest absolute Gasteiger partial charge is 0.416 e. The molecule has 0 saturated carbocycles. The number of alkyl halides is 3. The molecule has 0 aromatic heterocycles. The molecule has 0 unspecified atom stereocenters. The van der Waals surface area contributed by atoms with Crippen molar-refractivity contribution >= 4 is 15.7 Å². The Balaban J connectivity index is 2.52. The quantitative estimate of drug-likeness (QED) is 0.796. The zero-order valence-corrected chi connectivity index (χ0v) is 10.4. The summed E-state index contributed by atoms with van der Waals surface area (Å²) >= 11 is 0. The molecule has 1 fully saturated rings. The van der Waals surface area contributed by atoms with Crippen molar-refractivity contribution in [2.45, 2.75) is 12.6 Å². The minimum absolute atomic E-state index is 0.00741. The number of nitriles is 1. The van der Waals surface area contributed by atoms with Gasteiger partial charge in [-0.05, 0) is 24.6 Å². The van der Waals surface area contributed by atoms with Gasteiger partial charge in [-0.3, -0.25) is 4.31 Å². The third-order valence-electron chi connectivity index (χ3n) is 2.81. The maximum Gasteiger partial charge on any atom is 0.416 e. The van der Waals surface area contributed by atoms with Crippen LogP contribution < -0.4 is 4.31 Å². The average Bonchev–Trinajstić information content (AvgIpc) is 2.66. The molecule has 102 valence electrons. The number of halogens is 3. The Morgan fingerprint density at radius 2 is 2.00 bits per heavy atom. The van der Waals surface area contributed by atoms with Crippen molar-refractivity contribution < 1.29 is 21.6 Å². The SMILES string of the molecule is N#Cc1cc(C(F)(F)F)ccc1N1CCCS1(=O)=O. The smallest absolute Gasteiger partial charge is 0.269 e. The lowest BCUT2D eigenvalue weighted by atomic mass is 10.1. The summed E-state index contributed by atoms with van der Waals surface area (Å²) in [5, 5.41) is 8.90. The van der Waals surface area contributed by atoms with E-state index in [0.29, 0.717) is 12.5 Å². The monoisotopic (exact) mass is 290 g/mol. The standard InChI is InChI=1S/C11H9F3N2O2S/c12-11(13,14)9-2-3-10(8(6-9)7-15)16-4-1-5-19(16,17)18/h2-3,6H,1,4-5H2. The molecule has 0 radical (unpaired) electrons. The number of benzene rings is 1. The van der Waals surface area contributed by atoms with E-state index in [4.69, 9.17) is 5.26 Å². The topological polar surface area (TPSA) is 61.2 Å². The zero-order chi connectivity index (χ0) is 14.3. The lowest BCUT2D eigenvalue weighted by molar-refractivity contribution is -0.137. The summed E-state index contributed by atoms with van der Waals surface area (Å²) in [5.41, 5.74) is -1.25. The van der Waals surface area contributed by atoms with Gasteiger partial charge in [0.05, 0.1) is 22.6 Å². The summed E-state index contributed by atoms with van der Waals surface area (Å²) in [6.07, 6.45) is -4.16. The molecule has 1 heterocycles. The number of anilines is 1. The molecule has 0 bridgehead atoms. The van der Waals surface area contributed by atoms with Gasteiger partial charge in [-0.25, -0.2) is 8.42 Å². The first kappa shape index (κ1) is 13.7. The van der Waals surface area contributed by atoms with Crippen LogP contribution in [0.3, 0.4) is 0 Å². The van der Waals surface area contributed by atoms with Gasteiger partial charge < -0.3 is 0 Å². The molecule has 4 nitrogen and oxygen atoms in total. The van der Waals surface area contributed by atoms with Crippen LogP contribution in [-0.2, 0) is 16.2 Å². The summed E-state index contributed by atoms with van der Waals surface area (Å²) in [5.74, 6) is -0.0567. The molecule has 0 N–H and O–H groups in total. The Bertz CT molecular complexity index is 647. The predicted octanol–water partition coefficient (Wildman–Crippen LogP) is 2.12. The zero-order valence-electron chi connectivity index (χ0n) is 9.61. The van der Waals surface area contributed by atoms with Gasteiger partial charge in [0.25, 0.3) is 0 Å². The predicted molar refractivity (Wildman–Crippen MR) is 61.9 cm³/mol. The maximum atomic E-state index is 12.5. The maximum absolute atomic E-state index is 12.5. The highest BCUT2D eigenvalue weighted by Gasteiger charge is 2.34. The molecule has 19 heavy (non-hydrogen) atoms. The molecule has 2 rings (SSSR count). The van der Waals surface area contributed by atoms with Crippen LogP contribution in [0.2, 0.25) is 0 Å². The molecular formula is C11H9F3N2O2S. The van der Waals surface area contributed by atoms with Gasteiger partial charge in [-0.2, -0.15) is 18.4 Å². The molecule has 0 aliphatic carbocycles. The van der Waals surface area contributed by atoms with Gasteiger partial charge in [0, 0.05) is 6.54 Å². The van der Waals surface area contributed by atoms with Crippen LogP contribution in [0, 0.1) is 11.3 Å². The first-order chi connectivity index (χ1) is 8.75. The second-order valence-corrected chi connectivity index (χ2v) is 6.10. The molecule has 8 heteroatoms. The molecule has 1 aromatic rings. The number of rotatable bonds is 1. The molecule has 1 aromatic carbocycles. The van der Waals surface area contributed by atoms with Crippen LogP contribution in [0.15, 0.2) is 18.2 Å². The Morgan fingerprint density at radius 1 is 1.32 bits per heavy atom. The molecule has 1 aliphatic rings. The third-order valence-corrected chi connectivity index (χ3v) is 4.67. The minimum atomic E-state index is -4.56. The van der Waals surface area contributed by atoms with Gasteiger partial charge in [0.1, 0.15) is 6.07 Å². The number of nitrogens with zero attached hydrogens (tertiary/aromatic N) is 2. The average molecular weight is 290 g/mol. The molecule has 0 spiro atoms. The van der Waals surface area contributed by atoms with E-state index in [2.05, 4.69) is 0 Å². The first-order valence-corrected chi connectivity index (χ1v) is 6.98. The molecule has 1 saturated heterocycles. The van der Waals surface area contributed by atoms with Gasteiger partial charge in [-0.1, -0.05) is 0 Å². The highest BCUT2D eigenvalue weighted by Crippen LogP contribution is 2.34. The van der Waals surface area contributed by atoms with Crippen LogP contribution in [0.25, 0.3) is 0 Å². The summed E-state index contributed by atoms with van der Waals surface area (Å²) in [6.45, 7) is 0.183. The lowest BCUT2D eigenvalue weighted by Crippen LogP contribution is -2.26. The Hall–Kier alpha value is -1.75. The molecule has 0 amide bonds. The van der Waals surface area contributed by atoms with E-state index < -0.39 is 21.8 Å². The van der Waals surface area contributed by atoms with Crippen LogP contribution in [0.1, 0.15) is 17.5 Å². The summed E-state index contributed by atoms with van der Waals surface area (Å²) in [4.78, 5) is 0. The van der Waals surface area contributed by atoms with E-state index in [0.717, 1.165) is 16.4 Å². The summed E-state index contributed by atoms with van der Waals surface area (Å²) in [7, 11) is -3.52. The van der Waals surface area contributed by atoms with Crippen molar-refractivity contribution in [3.63, 3.8) is 0 Å². The lowest BCUT2D eigenvalue weighted by Gasteiger charge is -2.19. The number of hydrogen-bond donors (Lipinski definition) is 0. The van der Waals surface area contributed by atoms with Crippen LogP contribution >= 0.6 is 0 Å². The third kappa shape index (κ3) is 2.51. The molecule has 1 aliphatic heterocycles. The van der Waals surface area contributed by atoms with Crippen molar-refractivity contribution in [2.24, 2.45) is 0 Å². The number of hydrogen-bond acceptors (Lipinski definition) is 3. The molecule has 0 atom stereocenters. The van der Waals surface area contributed by atoms with Gasteiger partial charge in [0.2, 0.25) is 10.0 Å². The number of sulfonamides is 1. The minimum Gasteiger partial charge on any atom is -0.269 e. The normalized spacial score (nSPS) is 18.3. The second-order valence-electron chi connectivity index (χ2n) is 4.08. The second kappa shape index (κ2) is 4.42. The highest BCUT2D eigenvalue weighted by molar-refractivity contribution is 7.93. The van der Waals surface area contributed by atoms with E-state index in [9.17, 15) is 21.6 Å². The van der Waals surface area contributed by atoms with Gasteiger partial charge in [0.15, 0.2) is 0 Å². The van der Waals surface area contributed by atoms with Crippen molar-refractivity contribution in [1.29, 1.82) is 5.26 Å². The summed E-state index contributed by atoms with van der Waals surface area (Å²) < 4.78 is 62.0. The van der Waals surface area contributed by atoms with Gasteiger partial charge >= 0.3 is 6.18 Å². The Kier molecular flexibility index (Phi) is 3.18. The highest BCUT2D eigenvalue weighted by atomic mass is 32.2. The van der Waals surface area contributed by atoms with E-state index >= 15 is 0 Å². The van der Waals surface area contributed by atoms with E-state index in [-0.39, 0.29) is 23.5 Å². The van der Waals surface area contributed by atoms with Crippen LogP contribution in [0.4, 0.5) is 18.9 Å². The fourth-order valence-electron chi connectivity index (χ4n) is 1.93. The van der Waals surface area contributed by atoms with Crippen LogP contribution in [-0.4, -0.2) is 20.7 Å². The van der Waals surface area contributed by atoms with Crippen molar-refractivity contribution in [3.05, 3.63) is 29.3 Å². The fraction of sp³-hybridized carbons (Fsp3) is 0.364. The Labute approximate surface area is 108 Å². The van der Waals surface area contributed by atoms with E-state index in [1.807, 2.05) is 0 Å².